The molecule has 3 atom stereocenters. The number of benzene rings is 1. The van der Waals surface area contributed by atoms with E-state index in [1.54, 1.807) is 18.2 Å². The zero-order valence-corrected chi connectivity index (χ0v) is 17.6. The van der Waals surface area contributed by atoms with Gasteiger partial charge in [0.15, 0.2) is 5.78 Å². The number of nitrogens with one attached hydrogen (secondary N) is 1. The maximum atomic E-state index is 13.5. The van der Waals surface area contributed by atoms with E-state index in [1.165, 1.54) is 25.7 Å². The van der Waals surface area contributed by atoms with Crippen LogP contribution in [0.4, 0.5) is 4.79 Å². The molecule has 0 saturated heterocycles. The quantitative estimate of drug-likeness (QED) is 0.593. The summed E-state index contributed by atoms with van der Waals surface area (Å²) in [5, 5.41) is 4.14. The van der Waals surface area contributed by atoms with Crippen LogP contribution in [0, 0.1) is 5.92 Å². The largest absolute Gasteiger partial charge is 0.468 e. The van der Waals surface area contributed by atoms with Gasteiger partial charge < -0.3 is 19.6 Å². The first-order valence-corrected chi connectivity index (χ1v) is 10.1. The van der Waals surface area contributed by atoms with Crippen molar-refractivity contribution in [2.45, 2.75) is 31.2 Å². The number of hydrogen-bond donors (Lipinski definition) is 1. The first-order valence-electron chi connectivity index (χ1n) is 10.1. The van der Waals surface area contributed by atoms with E-state index in [0.717, 1.165) is 17.2 Å². The summed E-state index contributed by atoms with van der Waals surface area (Å²) in [4.78, 5) is 50.9. The number of ether oxygens (including phenoxy) is 2. The Morgan fingerprint density at radius 1 is 1.19 bits per heavy atom. The fourth-order valence-electron chi connectivity index (χ4n) is 5.20. The molecule has 4 rings (SSSR count). The second kappa shape index (κ2) is 7.77. The number of rotatable bonds is 3. The van der Waals surface area contributed by atoms with Crippen LogP contribution >= 0.6 is 0 Å². The predicted molar refractivity (Wildman–Crippen MR) is 112 cm³/mol. The van der Waals surface area contributed by atoms with Gasteiger partial charge in [-0.3, -0.25) is 9.59 Å². The van der Waals surface area contributed by atoms with E-state index < -0.39 is 29.4 Å². The number of hydrogen-bond acceptors (Lipinski definition) is 7. The van der Waals surface area contributed by atoms with Crippen LogP contribution in [0.5, 0.6) is 0 Å². The number of carbonyl (C=O) groups excluding carboxylic acids is 4. The SMILES string of the molecule is COC(=O)n1c2c(c3ccccc31)CCNC1C(C(C)=O)=CC(C=O)CC21C(=O)OC. The number of carbonyl (C=O) groups is 4. The van der Waals surface area contributed by atoms with Crippen LogP contribution in [0.1, 0.15) is 24.6 Å². The number of Topliss-reactive ketones (excluding diaryl/α,β-unsaturated/α-hetero) is 1. The number of nitrogens with zero attached hydrogens (tertiary/aromatic N) is 1. The van der Waals surface area contributed by atoms with Crippen molar-refractivity contribution in [3.8, 4) is 0 Å². The highest BCUT2D eigenvalue weighted by atomic mass is 16.5. The summed E-state index contributed by atoms with van der Waals surface area (Å²) >= 11 is 0. The molecule has 2 aromatic rings. The third-order valence-electron chi connectivity index (χ3n) is 6.37. The Balaban J connectivity index is 2.17. The van der Waals surface area contributed by atoms with Gasteiger partial charge >= 0.3 is 12.1 Å². The van der Waals surface area contributed by atoms with Gasteiger partial charge in [-0.1, -0.05) is 24.3 Å². The Morgan fingerprint density at radius 3 is 2.58 bits per heavy atom. The summed E-state index contributed by atoms with van der Waals surface area (Å²) < 4.78 is 11.7. The molecular formula is C23H24N2O6. The number of methoxy groups -OCH3 is 2. The van der Waals surface area contributed by atoms with Gasteiger partial charge in [0.05, 0.1) is 31.5 Å². The highest BCUT2D eigenvalue weighted by molar-refractivity contribution is 6.02. The molecule has 1 aromatic heterocycles. The molecule has 1 aromatic carbocycles. The van der Waals surface area contributed by atoms with Crippen molar-refractivity contribution in [1.29, 1.82) is 0 Å². The average molecular weight is 424 g/mol. The second-order valence-corrected chi connectivity index (χ2v) is 7.93. The lowest BCUT2D eigenvalue weighted by molar-refractivity contribution is -0.150. The number of allylic oxidation sites excluding steroid dienone is 1. The van der Waals surface area contributed by atoms with E-state index >= 15 is 0 Å². The molecule has 8 nitrogen and oxygen atoms in total. The molecule has 162 valence electrons. The molecule has 0 saturated carbocycles. The maximum absolute atomic E-state index is 13.5. The van der Waals surface area contributed by atoms with E-state index in [2.05, 4.69) is 5.32 Å². The van der Waals surface area contributed by atoms with Crippen molar-refractivity contribution in [3.05, 3.63) is 47.2 Å². The van der Waals surface area contributed by atoms with E-state index in [4.69, 9.17) is 9.47 Å². The lowest BCUT2D eigenvalue weighted by Gasteiger charge is -2.43. The van der Waals surface area contributed by atoms with E-state index in [9.17, 15) is 19.2 Å². The van der Waals surface area contributed by atoms with Crippen LogP contribution in [0.15, 0.2) is 35.9 Å². The molecule has 3 unspecified atom stereocenters. The van der Waals surface area contributed by atoms with E-state index in [1.807, 2.05) is 12.1 Å². The number of fused-ring (bicyclic) bond motifs is 5. The first-order chi connectivity index (χ1) is 14.9. The minimum atomic E-state index is -1.46. The van der Waals surface area contributed by atoms with Crippen LogP contribution < -0.4 is 5.32 Å². The number of para-hydroxylation sites is 1. The molecule has 31 heavy (non-hydrogen) atoms. The van der Waals surface area contributed by atoms with Gasteiger partial charge in [-0.2, -0.15) is 0 Å². The number of aldehydes is 1. The molecule has 0 fully saturated rings. The molecular weight excluding hydrogens is 400 g/mol. The molecule has 0 amide bonds. The van der Waals surface area contributed by atoms with Crippen LogP contribution in [0.3, 0.4) is 0 Å². The van der Waals surface area contributed by atoms with Crippen molar-refractivity contribution in [3.63, 3.8) is 0 Å². The monoisotopic (exact) mass is 424 g/mol. The second-order valence-electron chi connectivity index (χ2n) is 7.93. The summed E-state index contributed by atoms with van der Waals surface area (Å²) in [5.74, 6) is -1.55. The Labute approximate surface area is 179 Å². The highest BCUT2D eigenvalue weighted by Gasteiger charge is 2.58. The maximum Gasteiger partial charge on any atom is 0.418 e. The standard InChI is InChI=1S/C23H24N2O6/c1-13(27)17-10-14(12-26)11-23(21(28)30-2)19(17)24-9-8-16-15-6-4-5-7-18(15)25(20(16)23)22(29)31-3/h4-7,10,12,14,19,24H,8-9,11H2,1-3H3. The third kappa shape index (κ3) is 2.93. The van der Waals surface area contributed by atoms with Gasteiger partial charge in [0.2, 0.25) is 0 Å². The van der Waals surface area contributed by atoms with E-state index in [-0.39, 0.29) is 12.2 Å². The zero-order chi connectivity index (χ0) is 22.3. The van der Waals surface area contributed by atoms with Crippen LogP contribution in [0.25, 0.3) is 10.9 Å². The summed E-state index contributed by atoms with van der Waals surface area (Å²) in [7, 11) is 2.54. The van der Waals surface area contributed by atoms with Crippen molar-refractivity contribution < 1.29 is 28.7 Å². The van der Waals surface area contributed by atoms with Crippen molar-refractivity contribution in [2.24, 2.45) is 5.92 Å². The van der Waals surface area contributed by atoms with Gasteiger partial charge in [0.25, 0.3) is 0 Å². The fourth-order valence-corrected chi connectivity index (χ4v) is 5.20. The number of esters is 1. The summed E-state index contributed by atoms with van der Waals surface area (Å²) in [5.41, 5.74) is 0.694. The fraction of sp³-hybridized carbons (Fsp3) is 0.391. The van der Waals surface area contributed by atoms with Gasteiger partial charge in [-0.05, 0) is 37.9 Å². The molecule has 0 bridgehead atoms. The van der Waals surface area contributed by atoms with Crippen LogP contribution in [-0.4, -0.2) is 55.5 Å². The topological polar surface area (TPSA) is 104 Å². The van der Waals surface area contributed by atoms with Gasteiger partial charge in [-0.25, -0.2) is 9.36 Å². The first kappa shape index (κ1) is 21.0. The Kier molecular flexibility index (Phi) is 5.26. The Bertz CT molecular complexity index is 1130. The van der Waals surface area contributed by atoms with Crippen molar-refractivity contribution in [1.82, 2.24) is 9.88 Å². The molecule has 2 aliphatic rings. The lowest BCUT2D eigenvalue weighted by Crippen LogP contribution is -2.59. The lowest BCUT2D eigenvalue weighted by atomic mass is 9.63. The van der Waals surface area contributed by atoms with Gasteiger partial charge in [0, 0.05) is 16.9 Å². The molecule has 1 N–H and O–H groups in total. The zero-order valence-electron chi connectivity index (χ0n) is 17.6. The minimum absolute atomic E-state index is 0.0674. The normalized spacial score (nSPS) is 24.9. The summed E-state index contributed by atoms with van der Waals surface area (Å²) in [6, 6.07) is 6.59. The molecule has 1 aliphatic carbocycles. The number of ketones is 1. The summed E-state index contributed by atoms with van der Waals surface area (Å²) in [6.07, 6.45) is 2.27. The predicted octanol–water partition coefficient (Wildman–Crippen LogP) is 1.92. The van der Waals surface area contributed by atoms with Crippen molar-refractivity contribution >= 4 is 35.0 Å². The molecule has 2 heterocycles. The van der Waals surface area contributed by atoms with Crippen molar-refractivity contribution in [2.75, 3.05) is 20.8 Å². The molecule has 1 aliphatic heterocycles. The Morgan fingerprint density at radius 2 is 1.94 bits per heavy atom. The van der Waals surface area contributed by atoms with Gasteiger partial charge in [0.1, 0.15) is 11.7 Å². The smallest absolute Gasteiger partial charge is 0.418 e. The highest BCUT2D eigenvalue weighted by Crippen LogP contribution is 2.48. The van der Waals surface area contributed by atoms with Crippen LogP contribution in [0.2, 0.25) is 0 Å². The number of aromatic nitrogens is 1. The van der Waals surface area contributed by atoms with Gasteiger partial charge in [-0.15, -0.1) is 0 Å². The Hall–Kier alpha value is -3.26. The molecule has 8 heteroatoms. The van der Waals surface area contributed by atoms with Crippen LogP contribution in [-0.2, 0) is 35.7 Å². The third-order valence-corrected chi connectivity index (χ3v) is 6.37. The summed E-state index contributed by atoms with van der Waals surface area (Å²) in [6.45, 7) is 1.88. The molecule has 0 radical (unpaired) electrons. The molecule has 0 spiro atoms. The van der Waals surface area contributed by atoms with E-state index in [0.29, 0.717) is 29.7 Å². The minimum Gasteiger partial charge on any atom is -0.468 e. The average Bonchev–Trinajstić information content (AvgIpc) is 3.02.